The predicted molar refractivity (Wildman–Crippen MR) is 56.4 cm³/mol. The Kier molecular flexibility index (Phi) is 5.68. The van der Waals surface area contributed by atoms with Crippen LogP contribution in [-0.4, -0.2) is 24.7 Å². The maximum absolute atomic E-state index is 2.24. The molecule has 3 heteroatoms. The number of hydrogen-bond acceptors (Lipinski definition) is 1. The summed E-state index contributed by atoms with van der Waals surface area (Å²) in [6, 6.07) is 8.75. The molecule has 0 spiro atoms. The molecule has 0 aliphatic carbocycles. The molecule has 13 heavy (non-hydrogen) atoms. The lowest BCUT2D eigenvalue weighted by Crippen LogP contribution is -3.00. The molecule has 1 rings (SSSR count). The van der Waals surface area contributed by atoms with Crippen LogP contribution in [0.1, 0.15) is 5.56 Å². The Hall–Kier alpha value is 0.01000. The van der Waals surface area contributed by atoms with E-state index in [1.807, 2.05) is 0 Å². The van der Waals surface area contributed by atoms with Gasteiger partial charge in [-0.1, -0.05) is 17.7 Å². The summed E-state index contributed by atoms with van der Waals surface area (Å²) in [5, 5.41) is 0. The van der Waals surface area contributed by atoms with Crippen molar-refractivity contribution in [3.8, 4) is 0 Å². The van der Waals surface area contributed by atoms with Crippen LogP contribution in [0.4, 0.5) is 0 Å². The van der Waals surface area contributed by atoms with Crippen molar-refractivity contribution in [1.29, 1.82) is 0 Å². The summed E-state index contributed by atoms with van der Waals surface area (Å²) in [6.45, 7) is 2.12. The molecule has 0 aliphatic rings. The second-order valence-corrected chi connectivity index (χ2v) is 5.26. The summed E-state index contributed by atoms with van der Waals surface area (Å²) in [5.41, 5.74) is 1.33. The molecule has 0 radical (unpaired) electrons. The lowest BCUT2D eigenvalue weighted by atomic mass is 10.2. The summed E-state index contributed by atoms with van der Waals surface area (Å²) in [6.07, 6.45) is 2.24. The Morgan fingerprint density at radius 2 is 1.54 bits per heavy atom. The average Bonchev–Trinajstić information content (AvgIpc) is 2.04. The van der Waals surface area contributed by atoms with Gasteiger partial charge in [-0.15, -0.1) is 4.31 Å². The minimum absolute atomic E-state index is 0. The molecule has 1 aromatic rings. The van der Waals surface area contributed by atoms with Crippen molar-refractivity contribution in [2.75, 3.05) is 20.4 Å². The van der Waals surface area contributed by atoms with Crippen molar-refractivity contribution in [2.45, 2.75) is 11.8 Å². The van der Waals surface area contributed by atoms with E-state index in [1.165, 1.54) is 10.5 Å². The van der Waals surface area contributed by atoms with Crippen molar-refractivity contribution in [3.05, 3.63) is 29.8 Å². The highest BCUT2D eigenvalue weighted by atomic mass is 79.9. The molecule has 1 atom stereocenters. The monoisotopic (exact) mass is 261 g/mol. The quantitative estimate of drug-likeness (QED) is 0.623. The molecule has 0 aliphatic heterocycles. The van der Waals surface area contributed by atoms with E-state index in [4.69, 9.17) is 0 Å². The highest BCUT2D eigenvalue weighted by Gasteiger charge is 2.17. The van der Waals surface area contributed by atoms with E-state index in [2.05, 4.69) is 55.8 Å². The van der Waals surface area contributed by atoms with Crippen molar-refractivity contribution in [1.82, 2.24) is 4.31 Å². The van der Waals surface area contributed by atoms with E-state index in [9.17, 15) is 0 Å². The zero-order valence-electron chi connectivity index (χ0n) is 8.54. The SMILES string of the molecule is Cc1ccc([S+](C)N(C)C)cc1.[Br-]. The molecular formula is C10H16BrNS. The summed E-state index contributed by atoms with van der Waals surface area (Å²) in [4.78, 5) is 1.41. The molecule has 0 N–H and O–H groups in total. The first-order valence-electron chi connectivity index (χ1n) is 4.01. The Morgan fingerprint density at radius 3 is 1.92 bits per heavy atom. The van der Waals surface area contributed by atoms with E-state index in [1.54, 1.807) is 0 Å². The van der Waals surface area contributed by atoms with Gasteiger partial charge >= 0.3 is 0 Å². The summed E-state index contributed by atoms with van der Waals surface area (Å²) >= 11 is 0.240. The molecule has 0 bridgehead atoms. The molecular weight excluding hydrogens is 246 g/mol. The lowest BCUT2D eigenvalue weighted by Gasteiger charge is -2.08. The first-order valence-corrected chi connectivity index (χ1v) is 5.60. The minimum Gasteiger partial charge on any atom is -1.00 e. The van der Waals surface area contributed by atoms with Crippen molar-refractivity contribution in [2.24, 2.45) is 0 Å². The molecule has 1 aromatic carbocycles. The minimum atomic E-state index is 0. The van der Waals surface area contributed by atoms with E-state index in [0.717, 1.165) is 0 Å². The van der Waals surface area contributed by atoms with Crippen LogP contribution >= 0.6 is 0 Å². The topological polar surface area (TPSA) is 3.24 Å². The van der Waals surface area contributed by atoms with Crippen molar-refractivity contribution in [3.63, 3.8) is 0 Å². The van der Waals surface area contributed by atoms with Crippen LogP contribution in [0.5, 0.6) is 0 Å². The van der Waals surface area contributed by atoms with Crippen molar-refractivity contribution >= 4 is 11.1 Å². The third-order valence-electron chi connectivity index (χ3n) is 1.91. The fourth-order valence-corrected chi connectivity index (χ4v) is 1.90. The summed E-state index contributed by atoms with van der Waals surface area (Å²) < 4.78 is 2.24. The van der Waals surface area contributed by atoms with Crippen LogP contribution in [0, 0.1) is 6.92 Å². The average molecular weight is 262 g/mol. The first kappa shape index (κ1) is 13.0. The van der Waals surface area contributed by atoms with E-state index in [-0.39, 0.29) is 28.1 Å². The standard InChI is InChI=1S/C10H16NS.BrH/c1-9-5-7-10(8-6-9)12(4)11(2)3;/h5-8H,1-4H3;1H/q+1;/p-1. The number of benzene rings is 1. The first-order chi connectivity index (χ1) is 5.61. The van der Waals surface area contributed by atoms with Crippen LogP contribution in [0.3, 0.4) is 0 Å². The van der Waals surface area contributed by atoms with Gasteiger partial charge < -0.3 is 17.0 Å². The second-order valence-electron chi connectivity index (χ2n) is 3.10. The van der Waals surface area contributed by atoms with Crippen LogP contribution in [0.25, 0.3) is 0 Å². The molecule has 0 amide bonds. The highest BCUT2D eigenvalue weighted by Crippen LogP contribution is 2.13. The highest BCUT2D eigenvalue weighted by molar-refractivity contribution is 7.94. The fraction of sp³-hybridized carbons (Fsp3) is 0.400. The van der Waals surface area contributed by atoms with Crippen LogP contribution < -0.4 is 17.0 Å². The Morgan fingerprint density at radius 1 is 1.08 bits per heavy atom. The Labute approximate surface area is 94.4 Å². The molecule has 0 fully saturated rings. The normalized spacial score (nSPS) is 12.4. The summed E-state index contributed by atoms with van der Waals surface area (Å²) in [5.74, 6) is 0. The largest absolute Gasteiger partial charge is 1.00 e. The molecule has 0 heterocycles. The van der Waals surface area contributed by atoms with Gasteiger partial charge in [-0.25, -0.2) is 0 Å². The van der Waals surface area contributed by atoms with Crippen LogP contribution in [-0.2, 0) is 11.1 Å². The molecule has 0 saturated heterocycles. The number of rotatable bonds is 2. The lowest BCUT2D eigenvalue weighted by molar-refractivity contribution is -0.00000270. The molecule has 74 valence electrons. The second kappa shape index (κ2) is 5.68. The zero-order valence-corrected chi connectivity index (χ0v) is 10.9. The maximum atomic E-state index is 2.24. The third-order valence-corrected chi connectivity index (χ3v) is 3.96. The number of hydrogen-bond donors (Lipinski definition) is 0. The van der Waals surface area contributed by atoms with E-state index >= 15 is 0 Å². The number of aryl methyl sites for hydroxylation is 1. The van der Waals surface area contributed by atoms with Gasteiger partial charge in [0, 0.05) is 14.1 Å². The van der Waals surface area contributed by atoms with Crippen LogP contribution in [0.15, 0.2) is 29.2 Å². The third kappa shape index (κ3) is 3.71. The van der Waals surface area contributed by atoms with E-state index in [0.29, 0.717) is 0 Å². The van der Waals surface area contributed by atoms with E-state index < -0.39 is 0 Å². The molecule has 1 nitrogen and oxygen atoms in total. The number of halogens is 1. The van der Waals surface area contributed by atoms with Gasteiger partial charge in [0.05, 0.1) is 0 Å². The zero-order chi connectivity index (χ0) is 9.14. The number of nitrogens with zero attached hydrogens (tertiary/aromatic N) is 1. The van der Waals surface area contributed by atoms with Crippen LogP contribution in [0.2, 0.25) is 0 Å². The maximum Gasteiger partial charge on any atom is 0.175 e. The molecule has 0 saturated carbocycles. The predicted octanol–water partition coefficient (Wildman–Crippen LogP) is -0.917. The smallest absolute Gasteiger partial charge is 0.175 e. The Bertz CT molecular complexity index is 246. The van der Waals surface area contributed by atoms with Gasteiger partial charge in [-0.05, 0) is 19.1 Å². The van der Waals surface area contributed by atoms with Gasteiger partial charge in [0.25, 0.3) is 0 Å². The van der Waals surface area contributed by atoms with Gasteiger partial charge in [0.2, 0.25) is 0 Å². The van der Waals surface area contributed by atoms with Gasteiger partial charge in [0.1, 0.15) is 17.3 Å². The van der Waals surface area contributed by atoms with Gasteiger partial charge in [0.15, 0.2) is 4.90 Å². The molecule has 1 unspecified atom stereocenters. The Balaban J connectivity index is 0.00000144. The molecule has 0 aromatic heterocycles. The fourth-order valence-electron chi connectivity index (χ4n) is 0.946. The van der Waals surface area contributed by atoms with Gasteiger partial charge in [-0.2, -0.15) is 0 Å². The van der Waals surface area contributed by atoms with Gasteiger partial charge in [-0.3, -0.25) is 0 Å². The summed E-state index contributed by atoms with van der Waals surface area (Å²) in [7, 11) is 4.23. The van der Waals surface area contributed by atoms with Crippen molar-refractivity contribution < 1.29 is 17.0 Å².